The molecule has 0 aromatic heterocycles. The summed E-state index contributed by atoms with van der Waals surface area (Å²) in [6.07, 6.45) is 0.809. The molecule has 0 aliphatic rings. The van der Waals surface area contributed by atoms with Gasteiger partial charge in [-0.05, 0) is 48.4 Å². The lowest BCUT2D eigenvalue weighted by Crippen LogP contribution is -2.16. The Morgan fingerprint density at radius 1 is 0.769 bits per heavy atom. The van der Waals surface area contributed by atoms with Crippen LogP contribution in [0.15, 0.2) is 88.7 Å². The molecule has 0 bridgehead atoms. The Hall–Kier alpha value is -2.63. The molecule has 3 aromatic rings. The second-order valence-corrected chi connectivity index (χ2v) is 7.95. The first-order valence-corrected chi connectivity index (χ1v) is 9.92. The van der Waals surface area contributed by atoms with Gasteiger partial charge >= 0.3 is 0 Å². The molecule has 0 saturated heterocycles. The van der Waals surface area contributed by atoms with Crippen molar-refractivity contribution < 1.29 is 13.5 Å². The first-order chi connectivity index (χ1) is 12.6. The first-order valence-electron chi connectivity index (χ1n) is 8.44. The molecule has 0 aliphatic carbocycles. The van der Waals surface area contributed by atoms with E-state index in [0.29, 0.717) is 0 Å². The molecule has 26 heavy (non-hydrogen) atoms. The van der Waals surface area contributed by atoms with Crippen LogP contribution in [0.5, 0.6) is 5.75 Å². The smallest absolute Gasteiger partial charge is 0.210 e. The molecule has 4 nitrogen and oxygen atoms in total. The Balaban J connectivity index is 1.61. The molecular formula is C21H21NO3S. The van der Waals surface area contributed by atoms with Gasteiger partial charge in [0.2, 0.25) is 9.84 Å². The molecule has 2 N–H and O–H groups in total. The average molecular weight is 367 g/mol. The minimum atomic E-state index is -3.71. The first kappa shape index (κ1) is 18.2. The molecule has 3 rings (SSSR count). The molecule has 0 saturated carbocycles. The van der Waals surface area contributed by atoms with Crippen molar-refractivity contribution in [2.24, 2.45) is 0 Å². The third-order valence-corrected chi connectivity index (χ3v) is 5.97. The third kappa shape index (κ3) is 4.31. The van der Waals surface area contributed by atoms with E-state index in [-0.39, 0.29) is 15.5 Å². The van der Waals surface area contributed by atoms with Crippen molar-refractivity contribution in [3.8, 4) is 5.75 Å². The van der Waals surface area contributed by atoms with E-state index in [1.807, 2.05) is 30.3 Å². The molecule has 3 aromatic carbocycles. The summed E-state index contributed by atoms with van der Waals surface area (Å²) in [4.78, 5) is 0.109. The molecular weight excluding hydrogens is 346 g/mol. The topological polar surface area (TPSA) is 66.4 Å². The van der Waals surface area contributed by atoms with Gasteiger partial charge in [-0.15, -0.1) is 0 Å². The van der Waals surface area contributed by atoms with Crippen LogP contribution in [0.25, 0.3) is 0 Å². The molecule has 0 unspecified atom stereocenters. The highest BCUT2D eigenvalue weighted by Crippen LogP contribution is 2.28. The monoisotopic (exact) mass is 367 g/mol. The summed E-state index contributed by atoms with van der Waals surface area (Å²) >= 11 is 0. The number of sulfone groups is 1. The third-order valence-electron chi connectivity index (χ3n) is 4.15. The van der Waals surface area contributed by atoms with Crippen LogP contribution < -0.4 is 5.32 Å². The molecule has 0 atom stereocenters. The van der Waals surface area contributed by atoms with E-state index in [1.54, 1.807) is 24.3 Å². The number of phenolic OH excluding ortho intramolecular Hbond substituents is 1. The molecule has 0 aliphatic heterocycles. The zero-order valence-corrected chi connectivity index (χ0v) is 15.1. The molecule has 0 spiro atoms. The number of aromatic hydroxyl groups is 1. The minimum Gasteiger partial charge on any atom is -0.507 e. The van der Waals surface area contributed by atoms with Gasteiger partial charge in [-0.1, -0.05) is 54.6 Å². The maximum Gasteiger partial charge on any atom is 0.210 e. The number of hydrogen-bond acceptors (Lipinski definition) is 4. The van der Waals surface area contributed by atoms with Crippen LogP contribution in [0.4, 0.5) is 0 Å². The highest BCUT2D eigenvalue weighted by Gasteiger charge is 2.20. The lowest BCUT2D eigenvalue weighted by Gasteiger charge is -2.08. The van der Waals surface area contributed by atoms with E-state index in [9.17, 15) is 13.5 Å². The van der Waals surface area contributed by atoms with E-state index in [1.165, 1.54) is 17.7 Å². The predicted molar refractivity (Wildman–Crippen MR) is 102 cm³/mol. The van der Waals surface area contributed by atoms with Crippen LogP contribution in [0, 0.1) is 0 Å². The zero-order chi connectivity index (χ0) is 18.4. The fraction of sp³-hybridized carbons (Fsp3) is 0.143. The van der Waals surface area contributed by atoms with Crippen LogP contribution in [-0.2, 0) is 22.8 Å². The molecule has 134 valence electrons. The van der Waals surface area contributed by atoms with Crippen LogP contribution in [0.1, 0.15) is 11.1 Å². The summed E-state index contributed by atoms with van der Waals surface area (Å²) in [5.74, 6) is -0.235. The summed E-state index contributed by atoms with van der Waals surface area (Å²) in [7, 11) is -3.71. The number of hydrogen-bond donors (Lipinski definition) is 2. The van der Waals surface area contributed by atoms with Crippen molar-refractivity contribution in [2.45, 2.75) is 22.8 Å². The summed E-state index contributed by atoms with van der Waals surface area (Å²) in [5.41, 5.74) is 2.29. The Bertz CT molecular complexity index is 952. The molecule has 0 amide bonds. The molecule has 0 fully saturated rings. The lowest BCUT2D eigenvalue weighted by atomic mass is 10.1. The van der Waals surface area contributed by atoms with Gasteiger partial charge in [0, 0.05) is 6.54 Å². The number of rotatable bonds is 7. The largest absolute Gasteiger partial charge is 0.507 e. The normalized spacial score (nSPS) is 11.4. The number of benzene rings is 3. The van der Waals surface area contributed by atoms with Gasteiger partial charge in [0.15, 0.2) is 0 Å². The van der Waals surface area contributed by atoms with Crippen LogP contribution >= 0.6 is 0 Å². The Morgan fingerprint density at radius 2 is 1.42 bits per heavy atom. The summed E-state index contributed by atoms with van der Waals surface area (Å²) in [6, 6.07) is 23.0. The Kier molecular flexibility index (Phi) is 5.71. The second-order valence-electron chi connectivity index (χ2n) is 6.03. The van der Waals surface area contributed by atoms with Gasteiger partial charge in [0.05, 0.1) is 4.90 Å². The van der Waals surface area contributed by atoms with E-state index < -0.39 is 9.84 Å². The van der Waals surface area contributed by atoms with Crippen molar-refractivity contribution in [2.75, 3.05) is 6.54 Å². The fourth-order valence-corrected chi connectivity index (χ4v) is 4.06. The second kappa shape index (κ2) is 8.17. The summed E-state index contributed by atoms with van der Waals surface area (Å²) < 4.78 is 25.2. The van der Waals surface area contributed by atoms with E-state index in [4.69, 9.17) is 0 Å². The van der Waals surface area contributed by atoms with Crippen molar-refractivity contribution in [3.63, 3.8) is 0 Å². The van der Waals surface area contributed by atoms with Crippen molar-refractivity contribution in [1.82, 2.24) is 5.32 Å². The maximum atomic E-state index is 12.6. The standard InChI is InChI=1S/C21H21NO3S/c23-20-8-4-5-9-21(20)26(24,25)19-12-10-17(11-13-19)14-15-22-16-18-6-2-1-3-7-18/h1-13,22-23H,14-16H2. The highest BCUT2D eigenvalue weighted by atomic mass is 32.2. The minimum absolute atomic E-state index is 0.0720. The Morgan fingerprint density at radius 3 is 2.12 bits per heavy atom. The summed E-state index contributed by atoms with van der Waals surface area (Å²) in [6.45, 7) is 1.61. The van der Waals surface area contributed by atoms with Crippen molar-refractivity contribution in [1.29, 1.82) is 0 Å². The molecule has 0 heterocycles. The highest BCUT2D eigenvalue weighted by molar-refractivity contribution is 7.91. The fourth-order valence-electron chi connectivity index (χ4n) is 2.71. The van der Waals surface area contributed by atoms with Gasteiger partial charge in [-0.25, -0.2) is 8.42 Å². The van der Waals surface area contributed by atoms with Crippen molar-refractivity contribution in [3.05, 3.63) is 90.0 Å². The van der Waals surface area contributed by atoms with Gasteiger partial charge < -0.3 is 10.4 Å². The predicted octanol–water partition coefficient (Wildman–Crippen LogP) is 3.56. The van der Waals surface area contributed by atoms with Gasteiger partial charge in [-0.3, -0.25) is 0 Å². The van der Waals surface area contributed by atoms with Gasteiger partial charge in [-0.2, -0.15) is 0 Å². The van der Waals surface area contributed by atoms with E-state index in [0.717, 1.165) is 25.1 Å². The number of para-hydroxylation sites is 1. The summed E-state index contributed by atoms with van der Waals surface area (Å²) in [5, 5.41) is 13.2. The van der Waals surface area contributed by atoms with E-state index >= 15 is 0 Å². The Labute approximate surface area is 154 Å². The number of nitrogens with one attached hydrogen (secondary N) is 1. The van der Waals surface area contributed by atoms with Crippen LogP contribution in [0.3, 0.4) is 0 Å². The quantitative estimate of drug-likeness (QED) is 0.627. The average Bonchev–Trinajstić information content (AvgIpc) is 2.67. The molecule has 0 radical (unpaired) electrons. The van der Waals surface area contributed by atoms with Gasteiger partial charge in [0.25, 0.3) is 0 Å². The van der Waals surface area contributed by atoms with Crippen LogP contribution in [-0.4, -0.2) is 20.1 Å². The van der Waals surface area contributed by atoms with Crippen molar-refractivity contribution >= 4 is 9.84 Å². The maximum absolute atomic E-state index is 12.6. The molecule has 5 heteroatoms. The van der Waals surface area contributed by atoms with E-state index in [2.05, 4.69) is 17.4 Å². The number of phenols is 1. The SMILES string of the molecule is O=S(=O)(c1ccc(CCNCc2ccccc2)cc1)c1ccccc1O. The van der Waals surface area contributed by atoms with Crippen LogP contribution in [0.2, 0.25) is 0 Å². The van der Waals surface area contributed by atoms with Gasteiger partial charge in [0.1, 0.15) is 10.6 Å². The lowest BCUT2D eigenvalue weighted by molar-refractivity contribution is 0.459. The zero-order valence-electron chi connectivity index (χ0n) is 14.3.